The fraction of sp³-hybridized carbons (Fsp3) is 0.381. The Kier molecular flexibility index (Phi) is 5.82. The van der Waals surface area contributed by atoms with Crippen molar-refractivity contribution in [1.29, 1.82) is 0 Å². The zero-order valence-corrected chi connectivity index (χ0v) is 16.4. The molecule has 0 bridgehead atoms. The third-order valence-corrected chi connectivity index (χ3v) is 4.96. The second-order valence-electron chi connectivity index (χ2n) is 6.98. The number of aryl methyl sites for hydroxylation is 1. The molecule has 1 fully saturated rings. The van der Waals surface area contributed by atoms with E-state index in [0.29, 0.717) is 18.7 Å². The van der Waals surface area contributed by atoms with E-state index in [0.717, 1.165) is 18.8 Å². The van der Waals surface area contributed by atoms with Crippen LogP contribution in [0.4, 0.5) is 5.69 Å². The van der Waals surface area contributed by atoms with Crippen molar-refractivity contribution in [2.24, 2.45) is 7.05 Å². The van der Waals surface area contributed by atoms with Crippen molar-refractivity contribution in [1.82, 2.24) is 9.47 Å². The van der Waals surface area contributed by atoms with Crippen molar-refractivity contribution >= 4 is 23.3 Å². The highest BCUT2D eigenvalue weighted by atomic mass is 16.5. The first-order valence-electron chi connectivity index (χ1n) is 9.34. The highest BCUT2D eigenvalue weighted by Gasteiger charge is 2.28. The molecule has 1 aromatic carbocycles. The van der Waals surface area contributed by atoms with Gasteiger partial charge in [-0.25, -0.2) is 4.79 Å². The molecule has 0 unspecified atom stereocenters. The molecule has 2 aromatic rings. The molecule has 0 spiro atoms. The van der Waals surface area contributed by atoms with Crippen molar-refractivity contribution in [2.45, 2.75) is 20.0 Å². The largest absolute Gasteiger partial charge is 0.448 e. The molecule has 0 aliphatic carbocycles. The molecule has 0 N–H and O–H groups in total. The molecule has 148 valence electrons. The van der Waals surface area contributed by atoms with E-state index in [1.54, 1.807) is 25.1 Å². The molecule has 1 aliphatic heterocycles. The molecule has 1 saturated heterocycles. The summed E-state index contributed by atoms with van der Waals surface area (Å²) in [5, 5.41) is 0. The van der Waals surface area contributed by atoms with Gasteiger partial charge in [-0.15, -0.1) is 0 Å². The first-order chi connectivity index (χ1) is 13.4. The maximum atomic E-state index is 12.7. The Bertz CT molecular complexity index is 867. The van der Waals surface area contributed by atoms with Crippen LogP contribution in [0.25, 0.3) is 0 Å². The van der Waals surface area contributed by atoms with Gasteiger partial charge in [0.25, 0.3) is 5.91 Å². The van der Waals surface area contributed by atoms with Gasteiger partial charge >= 0.3 is 5.97 Å². The number of nitrogens with zero attached hydrogens (tertiary/aromatic N) is 3. The minimum absolute atomic E-state index is 0.130. The Morgan fingerprint density at radius 1 is 1.04 bits per heavy atom. The number of benzene rings is 1. The minimum atomic E-state index is -0.883. The number of rotatable bonds is 5. The summed E-state index contributed by atoms with van der Waals surface area (Å²) in [6.07, 6.45) is 0.695. The van der Waals surface area contributed by atoms with Gasteiger partial charge in [0, 0.05) is 50.7 Å². The number of amides is 1. The number of hydrogen-bond acceptors (Lipinski definition) is 5. The van der Waals surface area contributed by atoms with Gasteiger partial charge in [-0.3, -0.25) is 9.59 Å². The number of ether oxygens (including phenoxy) is 1. The number of esters is 1. The first-order valence-corrected chi connectivity index (χ1v) is 9.34. The summed E-state index contributed by atoms with van der Waals surface area (Å²) >= 11 is 0. The number of carbonyl (C=O) groups is 3. The summed E-state index contributed by atoms with van der Waals surface area (Å²) in [4.78, 5) is 40.5. The zero-order valence-electron chi connectivity index (χ0n) is 16.4. The third-order valence-electron chi connectivity index (χ3n) is 4.96. The molecule has 1 atom stereocenters. The van der Waals surface area contributed by atoms with Gasteiger partial charge < -0.3 is 19.1 Å². The van der Waals surface area contributed by atoms with Crippen molar-refractivity contribution < 1.29 is 19.1 Å². The molecule has 3 rings (SSSR count). The van der Waals surface area contributed by atoms with Crippen LogP contribution in [0.2, 0.25) is 0 Å². The highest BCUT2D eigenvalue weighted by Crippen LogP contribution is 2.17. The second kappa shape index (κ2) is 8.29. The standard InChI is InChI=1S/C21H25N3O4/c1-15(25)17-13-19(22(3)14-17)21(27)28-16(2)20(26)24-11-9-23(10-12-24)18-7-5-4-6-8-18/h4-8,13-14,16H,9-12H2,1-3H3/t16-/m0/s1. The maximum absolute atomic E-state index is 12.7. The monoisotopic (exact) mass is 383 g/mol. The molecule has 1 amide bonds. The first kappa shape index (κ1) is 19.7. The lowest BCUT2D eigenvalue weighted by atomic mass is 10.2. The van der Waals surface area contributed by atoms with E-state index in [1.807, 2.05) is 18.2 Å². The molecule has 28 heavy (non-hydrogen) atoms. The average molecular weight is 383 g/mol. The molecule has 0 radical (unpaired) electrons. The molecule has 0 saturated carbocycles. The molecule has 1 aliphatic rings. The number of Topliss-reactive ketones (excluding diaryl/α,β-unsaturated/α-hetero) is 1. The van der Waals surface area contributed by atoms with Gasteiger partial charge in [-0.1, -0.05) is 18.2 Å². The second-order valence-corrected chi connectivity index (χ2v) is 6.98. The summed E-state index contributed by atoms with van der Waals surface area (Å²) in [6.45, 7) is 5.64. The maximum Gasteiger partial charge on any atom is 0.355 e. The predicted molar refractivity (Wildman–Crippen MR) is 106 cm³/mol. The number of hydrogen-bond donors (Lipinski definition) is 0. The summed E-state index contributed by atoms with van der Waals surface area (Å²) in [5.74, 6) is -0.948. The number of anilines is 1. The van der Waals surface area contributed by atoms with E-state index < -0.39 is 12.1 Å². The molecular weight excluding hydrogens is 358 g/mol. The minimum Gasteiger partial charge on any atom is -0.448 e. The van der Waals surface area contributed by atoms with Gasteiger partial charge in [0.05, 0.1) is 0 Å². The zero-order chi connectivity index (χ0) is 20.3. The predicted octanol–water partition coefficient (Wildman–Crippen LogP) is 2.12. The number of piperazine rings is 1. The quantitative estimate of drug-likeness (QED) is 0.584. The lowest BCUT2D eigenvalue weighted by molar-refractivity contribution is -0.140. The summed E-state index contributed by atoms with van der Waals surface area (Å²) < 4.78 is 6.90. The van der Waals surface area contributed by atoms with Gasteiger partial charge in [0.15, 0.2) is 11.9 Å². The normalized spacial score (nSPS) is 15.2. The van der Waals surface area contributed by atoms with E-state index in [-0.39, 0.29) is 17.4 Å². The summed E-state index contributed by atoms with van der Waals surface area (Å²) in [5.41, 5.74) is 1.82. The SMILES string of the molecule is CC(=O)c1cc(C(=O)O[C@@H](C)C(=O)N2CCN(c3ccccc3)CC2)n(C)c1. The van der Waals surface area contributed by atoms with E-state index in [9.17, 15) is 14.4 Å². The summed E-state index contributed by atoms with van der Waals surface area (Å²) in [7, 11) is 1.67. The fourth-order valence-corrected chi connectivity index (χ4v) is 3.31. The number of ketones is 1. The Morgan fingerprint density at radius 3 is 2.25 bits per heavy atom. The topological polar surface area (TPSA) is 71.8 Å². The van der Waals surface area contributed by atoms with Crippen molar-refractivity contribution in [3.63, 3.8) is 0 Å². The van der Waals surface area contributed by atoms with E-state index in [4.69, 9.17) is 4.74 Å². The van der Waals surface area contributed by atoms with Crippen LogP contribution in [0.1, 0.15) is 34.7 Å². The highest BCUT2D eigenvalue weighted by molar-refractivity contribution is 5.98. The average Bonchev–Trinajstić information content (AvgIpc) is 3.10. The Labute approximate surface area is 164 Å². The van der Waals surface area contributed by atoms with Gasteiger partial charge in [-0.2, -0.15) is 0 Å². The Hall–Kier alpha value is -3.09. The van der Waals surface area contributed by atoms with E-state index >= 15 is 0 Å². The van der Waals surface area contributed by atoms with Crippen molar-refractivity contribution in [3.05, 3.63) is 53.9 Å². The van der Waals surface area contributed by atoms with Crippen LogP contribution < -0.4 is 4.90 Å². The molecule has 7 nitrogen and oxygen atoms in total. The molecule has 7 heteroatoms. The van der Waals surface area contributed by atoms with E-state index in [1.165, 1.54) is 17.6 Å². The lowest BCUT2D eigenvalue weighted by Gasteiger charge is -2.37. The summed E-state index contributed by atoms with van der Waals surface area (Å²) in [6, 6.07) is 11.6. The van der Waals surface area contributed by atoms with Gasteiger partial charge in [0.1, 0.15) is 5.69 Å². The van der Waals surface area contributed by atoms with Crippen LogP contribution in [0.3, 0.4) is 0 Å². The number of aromatic nitrogens is 1. The van der Waals surface area contributed by atoms with Crippen molar-refractivity contribution in [2.75, 3.05) is 31.1 Å². The third kappa shape index (κ3) is 4.24. The lowest BCUT2D eigenvalue weighted by Crippen LogP contribution is -2.51. The van der Waals surface area contributed by atoms with Gasteiger partial charge in [-0.05, 0) is 32.0 Å². The van der Waals surface area contributed by atoms with E-state index in [2.05, 4.69) is 17.0 Å². The fourth-order valence-electron chi connectivity index (χ4n) is 3.31. The van der Waals surface area contributed by atoms with Crippen LogP contribution >= 0.6 is 0 Å². The molecular formula is C21H25N3O4. The van der Waals surface area contributed by atoms with Gasteiger partial charge in [0.2, 0.25) is 0 Å². The smallest absolute Gasteiger partial charge is 0.355 e. The Morgan fingerprint density at radius 2 is 1.68 bits per heavy atom. The number of para-hydroxylation sites is 1. The van der Waals surface area contributed by atoms with Crippen molar-refractivity contribution in [3.8, 4) is 0 Å². The van der Waals surface area contributed by atoms with Crippen LogP contribution in [-0.4, -0.2) is 59.4 Å². The van der Waals surface area contributed by atoms with Crippen LogP contribution in [0.15, 0.2) is 42.6 Å². The molecule has 1 aromatic heterocycles. The van der Waals surface area contributed by atoms with Crippen LogP contribution in [0.5, 0.6) is 0 Å². The van der Waals surface area contributed by atoms with Crippen LogP contribution in [0, 0.1) is 0 Å². The van der Waals surface area contributed by atoms with Crippen LogP contribution in [-0.2, 0) is 16.6 Å². The Balaban J connectivity index is 1.56. The molecule has 2 heterocycles. The number of carbonyl (C=O) groups excluding carboxylic acids is 3.